The molecule has 1 N–H and O–H groups in total. The van der Waals surface area contributed by atoms with Crippen molar-refractivity contribution in [1.82, 2.24) is 9.88 Å². The number of likely N-dealkylation sites (tertiary alicyclic amines) is 1. The van der Waals surface area contributed by atoms with Gasteiger partial charge in [0, 0.05) is 31.0 Å². The van der Waals surface area contributed by atoms with Gasteiger partial charge in [-0.15, -0.1) is 0 Å². The largest absolute Gasteiger partial charge is 0.508 e. The van der Waals surface area contributed by atoms with Crippen molar-refractivity contribution in [3.63, 3.8) is 0 Å². The molecule has 5 nitrogen and oxygen atoms in total. The number of phenolic OH excluding ortho intramolecular Hbond substituents is 1. The lowest BCUT2D eigenvalue weighted by molar-refractivity contribution is 0.0936. The van der Waals surface area contributed by atoms with Crippen LogP contribution >= 0.6 is 0 Å². The first-order valence-electron chi connectivity index (χ1n) is 8.78. The summed E-state index contributed by atoms with van der Waals surface area (Å²) in [6.45, 7) is 2.38. The highest BCUT2D eigenvalue weighted by Crippen LogP contribution is 2.39. The Labute approximate surface area is 147 Å². The molecule has 2 aromatic rings. The van der Waals surface area contributed by atoms with E-state index in [0.29, 0.717) is 23.9 Å². The van der Waals surface area contributed by atoms with E-state index >= 15 is 0 Å². The fourth-order valence-corrected chi connectivity index (χ4v) is 4.12. The van der Waals surface area contributed by atoms with E-state index < -0.39 is 0 Å². The van der Waals surface area contributed by atoms with E-state index in [-0.39, 0.29) is 17.6 Å². The third kappa shape index (κ3) is 3.66. The van der Waals surface area contributed by atoms with Crippen molar-refractivity contribution < 1.29 is 14.6 Å². The summed E-state index contributed by atoms with van der Waals surface area (Å²) in [5, 5.41) is 9.33. The van der Waals surface area contributed by atoms with Crippen molar-refractivity contribution in [1.29, 1.82) is 0 Å². The normalized spacial score (nSPS) is 25.7. The lowest BCUT2D eigenvalue weighted by Crippen LogP contribution is -2.30. The summed E-state index contributed by atoms with van der Waals surface area (Å²) in [6.07, 6.45) is 5.88. The van der Waals surface area contributed by atoms with Crippen LogP contribution < -0.4 is 4.74 Å². The zero-order valence-corrected chi connectivity index (χ0v) is 14.0. The van der Waals surface area contributed by atoms with Gasteiger partial charge in [0.2, 0.25) is 0 Å². The molecular weight excluding hydrogens is 316 g/mol. The third-order valence-electron chi connectivity index (χ3n) is 5.29. The predicted molar refractivity (Wildman–Crippen MR) is 93.7 cm³/mol. The number of benzene rings is 1. The number of fused-ring (bicyclic) bond motifs is 1. The summed E-state index contributed by atoms with van der Waals surface area (Å²) < 4.78 is 6.06. The van der Waals surface area contributed by atoms with Gasteiger partial charge in [-0.25, -0.2) is 0 Å². The van der Waals surface area contributed by atoms with Crippen LogP contribution in [0.25, 0.3) is 0 Å². The number of Topliss-reactive ketones (excluding diaryl/α,β-unsaturated/α-hetero) is 1. The van der Waals surface area contributed by atoms with Gasteiger partial charge < -0.3 is 9.84 Å². The van der Waals surface area contributed by atoms with Crippen LogP contribution in [0.15, 0.2) is 48.8 Å². The molecule has 1 saturated carbocycles. The van der Waals surface area contributed by atoms with Gasteiger partial charge in [-0.3, -0.25) is 14.7 Å². The number of carbonyl (C=O) groups excluding carboxylic acids is 1. The van der Waals surface area contributed by atoms with Gasteiger partial charge >= 0.3 is 0 Å². The van der Waals surface area contributed by atoms with E-state index in [4.69, 9.17) is 4.74 Å². The number of carbonyl (C=O) groups is 1. The van der Waals surface area contributed by atoms with Crippen molar-refractivity contribution in [3.8, 4) is 11.5 Å². The number of aromatic nitrogens is 1. The van der Waals surface area contributed by atoms with Crippen LogP contribution in [0.4, 0.5) is 0 Å². The summed E-state index contributed by atoms with van der Waals surface area (Å²) in [5.41, 5.74) is 0.661. The second-order valence-corrected chi connectivity index (χ2v) is 7.08. The van der Waals surface area contributed by atoms with Crippen LogP contribution in [0, 0.1) is 11.8 Å². The van der Waals surface area contributed by atoms with Crippen molar-refractivity contribution >= 4 is 5.78 Å². The second-order valence-electron chi connectivity index (χ2n) is 7.08. The molecule has 1 aromatic heterocycles. The first kappa shape index (κ1) is 16.1. The number of rotatable bonds is 5. The predicted octanol–water partition coefficient (Wildman–Crippen LogP) is 2.76. The minimum atomic E-state index is 0.115. The minimum absolute atomic E-state index is 0.115. The van der Waals surface area contributed by atoms with Gasteiger partial charge in [-0.05, 0) is 61.1 Å². The Balaban J connectivity index is 1.29. The van der Waals surface area contributed by atoms with E-state index in [1.54, 1.807) is 36.7 Å². The van der Waals surface area contributed by atoms with Gasteiger partial charge in [0.1, 0.15) is 11.5 Å². The van der Waals surface area contributed by atoms with Crippen LogP contribution in [-0.2, 0) is 0 Å². The molecule has 1 aliphatic heterocycles. The quantitative estimate of drug-likeness (QED) is 0.850. The van der Waals surface area contributed by atoms with Gasteiger partial charge in [0.25, 0.3) is 0 Å². The smallest absolute Gasteiger partial charge is 0.176 e. The Hall–Kier alpha value is -2.40. The van der Waals surface area contributed by atoms with E-state index in [0.717, 1.165) is 31.7 Å². The van der Waals surface area contributed by atoms with Crippen LogP contribution in [0.1, 0.15) is 23.2 Å². The maximum Gasteiger partial charge on any atom is 0.176 e. The molecule has 25 heavy (non-hydrogen) atoms. The SMILES string of the molecule is O=C(CN1C[C@H]2C[C@@H](Oc3ccncc3)C[C@H]2C1)c1ccc(O)cc1. The number of pyridine rings is 1. The highest BCUT2D eigenvalue weighted by atomic mass is 16.5. The maximum atomic E-state index is 12.4. The van der Waals surface area contributed by atoms with Crippen LogP contribution in [0.2, 0.25) is 0 Å². The molecule has 1 aliphatic carbocycles. The monoisotopic (exact) mass is 338 g/mol. The highest BCUT2D eigenvalue weighted by molar-refractivity contribution is 5.97. The zero-order valence-electron chi connectivity index (χ0n) is 14.0. The Morgan fingerprint density at radius 2 is 1.72 bits per heavy atom. The first-order chi connectivity index (χ1) is 12.2. The van der Waals surface area contributed by atoms with Crippen LogP contribution in [-0.4, -0.2) is 46.5 Å². The molecule has 4 rings (SSSR count). The number of hydrogen-bond acceptors (Lipinski definition) is 5. The topological polar surface area (TPSA) is 62.7 Å². The number of ketones is 1. The molecule has 2 aliphatic rings. The average molecular weight is 338 g/mol. The molecule has 0 amide bonds. The van der Waals surface area contributed by atoms with Gasteiger partial charge in [-0.1, -0.05) is 0 Å². The van der Waals surface area contributed by atoms with Gasteiger partial charge in [-0.2, -0.15) is 0 Å². The Morgan fingerprint density at radius 3 is 2.36 bits per heavy atom. The highest BCUT2D eigenvalue weighted by Gasteiger charge is 2.42. The van der Waals surface area contributed by atoms with E-state index in [1.807, 2.05) is 12.1 Å². The minimum Gasteiger partial charge on any atom is -0.508 e. The molecule has 1 aromatic carbocycles. The molecule has 3 atom stereocenters. The molecule has 130 valence electrons. The van der Waals surface area contributed by atoms with E-state index in [1.165, 1.54) is 0 Å². The Bertz CT molecular complexity index is 718. The standard InChI is InChI=1S/C20H22N2O3/c23-17-3-1-14(2-4-17)20(24)13-22-11-15-9-19(10-16(15)12-22)25-18-5-7-21-8-6-18/h1-8,15-16,19,23H,9-13H2/t15-,16+,19-. The third-order valence-corrected chi connectivity index (χ3v) is 5.29. The summed E-state index contributed by atoms with van der Waals surface area (Å²) in [4.78, 5) is 18.7. The fourth-order valence-electron chi connectivity index (χ4n) is 4.12. The van der Waals surface area contributed by atoms with Crippen molar-refractivity contribution in [2.24, 2.45) is 11.8 Å². The van der Waals surface area contributed by atoms with Crippen LogP contribution in [0.3, 0.4) is 0 Å². The van der Waals surface area contributed by atoms with Gasteiger partial charge in [0.05, 0.1) is 12.6 Å². The number of aromatic hydroxyl groups is 1. The molecule has 5 heteroatoms. The summed E-state index contributed by atoms with van der Waals surface area (Å²) in [5.74, 6) is 2.41. The van der Waals surface area contributed by atoms with Gasteiger partial charge in [0.15, 0.2) is 5.78 Å². The number of hydrogen-bond donors (Lipinski definition) is 1. The molecule has 2 fully saturated rings. The van der Waals surface area contributed by atoms with Crippen LogP contribution in [0.5, 0.6) is 11.5 Å². The molecule has 0 unspecified atom stereocenters. The maximum absolute atomic E-state index is 12.4. The molecule has 2 heterocycles. The first-order valence-corrected chi connectivity index (χ1v) is 8.78. The average Bonchev–Trinajstić information content (AvgIpc) is 3.14. The summed E-state index contributed by atoms with van der Waals surface area (Å²) in [7, 11) is 0. The molecule has 0 bridgehead atoms. The molecule has 1 saturated heterocycles. The lowest BCUT2D eigenvalue weighted by atomic mass is 10.0. The Morgan fingerprint density at radius 1 is 1.08 bits per heavy atom. The van der Waals surface area contributed by atoms with Crippen molar-refractivity contribution in [2.75, 3.05) is 19.6 Å². The fraction of sp³-hybridized carbons (Fsp3) is 0.400. The number of ether oxygens (including phenoxy) is 1. The van der Waals surface area contributed by atoms with Crippen molar-refractivity contribution in [2.45, 2.75) is 18.9 Å². The summed E-state index contributed by atoms with van der Waals surface area (Å²) in [6, 6.07) is 10.3. The lowest BCUT2D eigenvalue weighted by Gasteiger charge is -2.19. The number of nitrogens with zero attached hydrogens (tertiary/aromatic N) is 2. The van der Waals surface area contributed by atoms with E-state index in [9.17, 15) is 9.90 Å². The van der Waals surface area contributed by atoms with E-state index in [2.05, 4.69) is 9.88 Å². The summed E-state index contributed by atoms with van der Waals surface area (Å²) >= 11 is 0. The zero-order chi connectivity index (χ0) is 17.2. The second kappa shape index (κ2) is 6.84. The Kier molecular flexibility index (Phi) is 4.40. The van der Waals surface area contributed by atoms with Crippen molar-refractivity contribution in [3.05, 3.63) is 54.4 Å². The molecule has 0 spiro atoms. The molecular formula is C20H22N2O3. The molecule has 0 radical (unpaired) electrons. The number of phenols is 1.